The summed E-state index contributed by atoms with van der Waals surface area (Å²) in [6.45, 7) is 3.40. The van der Waals surface area contributed by atoms with Gasteiger partial charge in [-0.15, -0.1) is 0 Å². The van der Waals surface area contributed by atoms with Gasteiger partial charge in [0.25, 0.3) is 5.91 Å². The van der Waals surface area contributed by atoms with Crippen molar-refractivity contribution in [3.8, 4) is 5.75 Å². The molecule has 1 amide bonds. The summed E-state index contributed by atoms with van der Waals surface area (Å²) in [6, 6.07) is 2.06. The van der Waals surface area contributed by atoms with Crippen molar-refractivity contribution in [2.24, 2.45) is 5.73 Å². The summed E-state index contributed by atoms with van der Waals surface area (Å²) in [7, 11) is 0. The van der Waals surface area contributed by atoms with E-state index >= 15 is 0 Å². The van der Waals surface area contributed by atoms with Crippen molar-refractivity contribution >= 4 is 5.91 Å². The quantitative estimate of drug-likeness (QED) is 0.763. The number of pyridine rings is 1. The van der Waals surface area contributed by atoms with Gasteiger partial charge >= 0.3 is 0 Å². The van der Waals surface area contributed by atoms with Gasteiger partial charge in [0.05, 0.1) is 17.5 Å². The Kier molecular flexibility index (Phi) is 3.05. The average molecular weight is 221 g/mol. The number of rotatable bonds is 4. The maximum Gasteiger partial charge on any atom is 0.250 e. The first-order valence-electron chi connectivity index (χ1n) is 5.29. The molecule has 1 aliphatic heterocycles. The topological polar surface area (TPSA) is 77.2 Å². The highest BCUT2D eigenvalue weighted by Gasteiger charge is 2.17. The summed E-state index contributed by atoms with van der Waals surface area (Å²) in [5.74, 6) is 0.116. The van der Waals surface area contributed by atoms with Gasteiger partial charge in [-0.05, 0) is 26.0 Å². The minimum Gasteiger partial charge on any atom is -0.490 e. The van der Waals surface area contributed by atoms with Crippen LogP contribution >= 0.6 is 0 Å². The molecule has 5 heteroatoms. The number of primary amides is 1. The maximum absolute atomic E-state index is 11.1. The van der Waals surface area contributed by atoms with Crippen molar-refractivity contribution in [1.82, 2.24) is 10.3 Å². The molecule has 1 atom stereocenters. The largest absolute Gasteiger partial charge is 0.490 e. The summed E-state index contributed by atoms with van der Waals surface area (Å²) >= 11 is 0. The van der Waals surface area contributed by atoms with Crippen LogP contribution in [0.5, 0.6) is 5.75 Å². The van der Waals surface area contributed by atoms with E-state index in [9.17, 15) is 4.79 Å². The second-order valence-electron chi connectivity index (χ2n) is 3.92. The Morgan fingerprint density at radius 2 is 2.50 bits per heavy atom. The fourth-order valence-electron chi connectivity index (χ4n) is 1.53. The SMILES string of the molecule is Cc1ncc(OC[C@@H]2CCN2)cc1C(N)=O. The normalized spacial score (nSPS) is 18.9. The van der Waals surface area contributed by atoms with E-state index in [0.29, 0.717) is 29.7 Å². The molecule has 1 aromatic rings. The van der Waals surface area contributed by atoms with Crippen LogP contribution in [0, 0.1) is 6.92 Å². The molecule has 1 saturated heterocycles. The highest BCUT2D eigenvalue weighted by atomic mass is 16.5. The third kappa shape index (κ3) is 2.30. The van der Waals surface area contributed by atoms with E-state index < -0.39 is 5.91 Å². The molecule has 5 nitrogen and oxygen atoms in total. The summed E-state index contributed by atoms with van der Waals surface area (Å²) in [5.41, 5.74) is 6.27. The highest BCUT2D eigenvalue weighted by Crippen LogP contribution is 2.15. The number of aromatic nitrogens is 1. The minimum atomic E-state index is -0.475. The lowest BCUT2D eigenvalue weighted by molar-refractivity contribution is 0.0998. The van der Waals surface area contributed by atoms with E-state index in [1.54, 1.807) is 19.2 Å². The molecule has 86 valence electrons. The summed E-state index contributed by atoms with van der Waals surface area (Å²) in [4.78, 5) is 15.2. The number of hydrogen-bond donors (Lipinski definition) is 2. The number of hydrogen-bond acceptors (Lipinski definition) is 4. The predicted octanol–water partition coefficient (Wildman–Crippen LogP) is 0.230. The number of aryl methyl sites for hydroxylation is 1. The molecule has 1 fully saturated rings. The smallest absolute Gasteiger partial charge is 0.250 e. The van der Waals surface area contributed by atoms with Crippen molar-refractivity contribution < 1.29 is 9.53 Å². The first-order valence-corrected chi connectivity index (χ1v) is 5.29. The number of carbonyl (C=O) groups is 1. The minimum absolute atomic E-state index is 0.415. The standard InChI is InChI=1S/C11H15N3O2/c1-7-10(11(12)15)4-9(5-14-7)16-6-8-2-3-13-8/h4-5,8,13H,2-3,6H2,1H3,(H2,12,15)/t8-/m0/s1. The Morgan fingerprint density at radius 1 is 1.75 bits per heavy atom. The molecule has 3 N–H and O–H groups in total. The van der Waals surface area contributed by atoms with Crippen LogP contribution < -0.4 is 15.8 Å². The molecule has 1 aliphatic rings. The van der Waals surface area contributed by atoms with Crippen molar-refractivity contribution in [1.29, 1.82) is 0 Å². The Hall–Kier alpha value is -1.62. The number of nitrogens with zero attached hydrogens (tertiary/aromatic N) is 1. The van der Waals surface area contributed by atoms with Gasteiger partial charge in [-0.25, -0.2) is 0 Å². The van der Waals surface area contributed by atoms with E-state index in [1.165, 1.54) is 0 Å². The van der Waals surface area contributed by atoms with Crippen LogP contribution in [-0.4, -0.2) is 30.1 Å². The third-order valence-corrected chi connectivity index (χ3v) is 2.70. The fourth-order valence-corrected chi connectivity index (χ4v) is 1.53. The van der Waals surface area contributed by atoms with E-state index in [2.05, 4.69) is 10.3 Å². The molecule has 0 bridgehead atoms. The molecule has 2 rings (SSSR count). The van der Waals surface area contributed by atoms with Gasteiger partial charge in [-0.3, -0.25) is 9.78 Å². The van der Waals surface area contributed by atoms with E-state index in [-0.39, 0.29) is 0 Å². The van der Waals surface area contributed by atoms with Crippen LogP contribution in [-0.2, 0) is 0 Å². The first-order chi connectivity index (χ1) is 7.66. The Bertz CT molecular complexity index is 402. The molecular formula is C11H15N3O2. The Labute approximate surface area is 94.0 Å². The van der Waals surface area contributed by atoms with E-state index in [4.69, 9.17) is 10.5 Å². The molecular weight excluding hydrogens is 206 g/mol. The van der Waals surface area contributed by atoms with Gasteiger partial charge in [0, 0.05) is 6.04 Å². The molecule has 0 saturated carbocycles. The maximum atomic E-state index is 11.1. The van der Waals surface area contributed by atoms with Gasteiger partial charge in [-0.2, -0.15) is 0 Å². The predicted molar refractivity (Wildman–Crippen MR) is 59.4 cm³/mol. The average Bonchev–Trinajstić information content (AvgIpc) is 2.17. The van der Waals surface area contributed by atoms with Crippen molar-refractivity contribution in [3.63, 3.8) is 0 Å². The summed E-state index contributed by atoms with van der Waals surface area (Å²) in [6.07, 6.45) is 2.74. The van der Waals surface area contributed by atoms with Gasteiger partial charge in [0.15, 0.2) is 0 Å². The third-order valence-electron chi connectivity index (χ3n) is 2.70. The second kappa shape index (κ2) is 4.49. The number of ether oxygens (including phenoxy) is 1. The Morgan fingerprint density at radius 3 is 3.06 bits per heavy atom. The van der Waals surface area contributed by atoms with E-state index in [1.807, 2.05) is 0 Å². The molecule has 0 unspecified atom stereocenters. The Balaban J connectivity index is 2.03. The van der Waals surface area contributed by atoms with Crippen LogP contribution in [0.4, 0.5) is 0 Å². The summed E-state index contributed by atoms with van der Waals surface area (Å²) in [5, 5.41) is 3.23. The van der Waals surface area contributed by atoms with Crippen LogP contribution in [0.25, 0.3) is 0 Å². The molecule has 0 aliphatic carbocycles. The molecule has 2 heterocycles. The number of nitrogens with two attached hydrogens (primary N) is 1. The van der Waals surface area contributed by atoms with Crippen LogP contribution in [0.15, 0.2) is 12.3 Å². The monoisotopic (exact) mass is 221 g/mol. The van der Waals surface area contributed by atoms with Crippen molar-refractivity contribution in [3.05, 3.63) is 23.5 Å². The van der Waals surface area contributed by atoms with Crippen LogP contribution in [0.1, 0.15) is 22.5 Å². The van der Waals surface area contributed by atoms with Crippen LogP contribution in [0.3, 0.4) is 0 Å². The zero-order valence-corrected chi connectivity index (χ0v) is 9.19. The fraction of sp³-hybridized carbons (Fsp3) is 0.455. The molecule has 0 radical (unpaired) electrons. The van der Waals surface area contributed by atoms with E-state index in [0.717, 1.165) is 13.0 Å². The van der Waals surface area contributed by atoms with Gasteiger partial charge < -0.3 is 15.8 Å². The van der Waals surface area contributed by atoms with Gasteiger partial charge in [-0.1, -0.05) is 0 Å². The molecule has 0 spiro atoms. The number of nitrogens with one attached hydrogen (secondary N) is 1. The number of carbonyl (C=O) groups excluding carboxylic acids is 1. The van der Waals surface area contributed by atoms with Gasteiger partial charge in [0.2, 0.25) is 0 Å². The van der Waals surface area contributed by atoms with Crippen molar-refractivity contribution in [2.45, 2.75) is 19.4 Å². The molecule has 1 aromatic heterocycles. The van der Waals surface area contributed by atoms with Gasteiger partial charge in [0.1, 0.15) is 12.4 Å². The first kappa shape index (κ1) is 10.9. The zero-order valence-electron chi connectivity index (χ0n) is 9.19. The highest BCUT2D eigenvalue weighted by molar-refractivity contribution is 5.94. The molecule has 16 heavy (non-hydrogen) atoms. The van der Waals surface area contributed by atoms with Crippen molar-refractivity contribution in [2.75, 3.05) is 13.2 Å². The second-order valence-corrected chi connectivity index (χ2v) is 3.92. The lowest BCUT2D eigenvalue weighted by Gasteiger charge is -2.27. The lowest BCUT2D eigenvalue weighted by atomic mass is 10.1. The lowest BCUT2D eigenvalue weighted by Crippen LogP contribution is -2.46. The molecule has 0 aromatic carbocycles. The number of amides is 1. The van der Waals surface area contributed by atoms with Crippen LogP contribution in [0.2, 0.25) is 0 Å². The summed E-state index contributed by atoms with van der Waals surface area (Å²) < 4.78 is 5.52. The zero-order chi connectivity index (χ0) is 11.5.